The summed E-state index contributed by atoms with van der Waals surface area (Å²) in [6, 6.07) is -1.03. The van der Waals surface area contributed by atoms with E-state index in [9.17, 15) is 26.4 Å². The van der Waals surface area contributed by atoms with Crippen molar-refractivity contribution in [2.75, 3.05) is 5.32 Å². The van der Waals surface area contributed by atoms with E-state index in [1.807, 2.05) is 13.8 Å². The average Bonchev–Trinajstić information content (AvgIpc) is 2.47. The zero-order valence-corrected chi connectivity index (χ0v) is 15.9. The molecule has 0 aliphatic rings. The molecule has 0 bridgehead atoms. The van der Waals surface area contributed by atoms with Gasteiger partial charge in [0.15, 0.2) is 0 Å². The first-order valence-electron chi connectivity index (χ1n) is 6.83. The summed E-state index contributed by atoms with van der Waals surface area (Å²) in [5, 5.41) is 0.466. The van der Waals surface area contributed by atoms with Crippen molar-refractivity contribution in [1.82, 2.24) is 9.97 Å². The van der Waals surface area contributed by atoms with E-state index in [1.54, 1.807) is 0 Å². The number of nitrogens with zero attached hydrogens (tertiary/aromatic N) is 3. The Hall–Kier alpha value is -1.40. The number of aromatic nitrogens is 2. The van der Waals surface area contributed by atoms with Crippen LogP contribution in [0.15, 0.2) is 9.26 Å². The van der Waals surface area contributed by atoms with Crippen LogP contribution in [0.4, 0.5) is 23.9 Å². The first kappa shape index (κ1) is 23.6. The lowest BCUT2D eigenvalue weighted by atomic mass is 10.2. The van der Waals surface area contributed by atoms with Gasteiger partial charge in [-0.25, -0.2) is 14.8 Å². The van der Waals surface area contributed by atoms with Crippen molar-refractivity contribution < 1.29 is 26.4 Å². The van der Waals surface area contributed by atoms with Gasteiger partial charge in [0.05, 0.1) is 11.4 Å². The third-order valence-electron chi connectivity index (χ3n) is 2.53. The molecule has 1 N–H and O–H groups in total. The number of hydrogen-bond donors (Lipinski definition) is 2. The number of amides is 2. The van der Waals surface area contributed by atoms with Crippen molar-refractivity contribution in [2.24, 2.45) is 4.36 Å². The summed E-state index contributed by atoms with van der Waals surface area (Å²) in [4.78, 5) is 20.0. The molecule has 0 saturated heterocycles. The Kier molecular flexibility index (Phi) is 9.97. The average molecular weight is 421 g/mol. The fraction of sp³-hybridized carbons (Fsp3) is 0.583. The third kappa shape index (κ3) is 9.02. The molecular weight excluding hydrogens is 405 g/mol. The monoisotopic (exact) mass is 420 g/mol. The van der Waals surface area contributed by atoms with Gasteiger partial charge in [-0.05, 0) is 19.8 Å². The van der Waals surface area contributed by atoms with Crippen LogP contribution in [-0.4, -0.2) is 36.0 Å². The number of halogens is 4. The quantitative estimate of drug-likeness (QED) is 0.574. The maximum atomic E-state index is 11.1. The van der Waals surface area contributed by atoms with Gasteiger partial charge in [0.25, 0.3) is 0 Å². The van der Waals surface area contributed by atoms with Crippen LogP contribution in [0.1, 0.15) is 32.2 Å². The van der Waals surface area contributed by atoms with Crippen LogP contribution in [0.3, 0.4) is 0 Å². The third-order valence-corrected chi connectivity index (χ3v) is 3.60. The maximum absolute atomic E-state index is 11.1. The highest BCUT2D eigenvalue weighted by atomic mass is 35.5. The lowest BCUT2D eigenvalue weighted by Gasteiger charge is -2.08. The van der Waals surface area contributed by atoms with Crippen LogP contribution < -0.4 is 5.32 Å². The van der Waals surface area contributed by atoms with Crippen LogP contribution in [-0.2, 0) is 23.3 Å². The fourth-order valence-electron chi connectivity index (χ4n) is 1.29. The smallest absolute Gasteiger partial charge is 0.273 e. The van der Waals surface area contributed by atoms with Gasteiger partial charge in [0.2, 0.25) is 5.95 Å². The largest absolute Gasteiger partial charge is 0.404 e. The van der Waals surface area contributed by atoms with E-state index >= 15 is 0 Å². The molecule has 1 atom stereocenters. The Bertz CT molecular complexity index is 707. The van der Waals surface area contributed by atoms with Gasteiger partial charge in [0.1, 0.15) is 5.38 Å². The molecule has 0 aromatic carbocycles. The Morgan fingerprint density at radius 1 is 1.28 bits per heavy atom. The molecular formula is C12H16ClF3N4O3S2. The molecule has 1 rings (SSSR count). The van der Waals surface area contributed by atoms with Crippen molar-refractivity contribution in [1.29, 1.82) is 0 Å². The lowest BCUT2D eigenvalue weighted by molar-refractivity contribution is -0.127. The van der Waals surface area contributed by atoms with E-state index in [4.69, 9.17) is 0 Å². The summed E-state index contributed by atoms with van der Waals surface area (Å²) in [6.07, 6.45) is -2.98. The number of rotatable bonds is 3. The van der Waals surface area contributed by atoms with Gasteiger partial charge in [-0.2, -0.15) is 21.6 Å². The number of thiol groups is 1. The van der Waals surface area contributed by atoms with Crippen molar-refractivity contribution >= 4 is 46.7 Å². The molecule has 0 saturated carbocycles. The fourth-order valence-corrected chi connectivity index (χ4v) is 1.89. The SMILES string of the molecule is CC(Cl)C(F)(F)F.CCc1nc(NC(=O)N=S(=O)=O)nc(CC)c1S. The Morgan fingerprint density at radius 3 is 1.96 bits per heavy atom. The number of anilines is 1. The Labute approximate surface area is 154 Å². The van der Waals surface area contributed by atoms with E-state index < -0.39 is 28.1 Å². The zero-order valence-electron chi connectivity index (χ0n) is 13.4. The van der Waals surface area contributed by atoms with Crippen molar-refractivity contribution in [2.45, 2.75) is 50.1 Å². The van der Waals surface area contributed by atoms with E-state index in [0.717, 1.165) is 6.92 Å². The maximum Gasteiger partial charge on any atom is 0.404 e. The molecule has 142 valence electrons. The van der Waals surface area contributed by atoms with Crippen molar-refractivity contribution in [3.8, 4) is 0 Å². The molecule has 1 heterocycles. The summed E-state index contributed by atoms with van der Waals surface area (Å²) in [7, 11) is -2.80. The molecule has 0 spiro atoms. The number of nitrogens with one attached hydrogen (secondary N) is 1. The molecule has 0 fully saturated rings. The predicted octanol–water partition coefficient (Wildman–Crippen LogP) is 3.66. The topological polar surface area (TPSA) is 101 Å². The van der Waals surface area contributed by atoms with E-state index in [0.29, 0.717) is 29.1 Å². The first-order chi connectivity index (χ1) is 11.4. The second-order valence-corrected chi connectivity index (χ2v) is 6.11. The molecule has 0 aliphatic heterocycles. The van der Waals surface area contributed by atoms with Crippen LogP contribution in [0.25, 0.3) is 0 Å². The highest BCUT2D eigenvalue weighted by Gasteiger charge is 2.33. The number of carbonyl (C=O) groups is 1. The lowest BCUT2D eigenvalue weighted by Crippen LogP contribution is -2.19. The summed E-state index contributed by atoms with van der Waals surface area (Å²) < 4.78 is 56.4. The van der Waals surface area contributed by atoms with Gasteiger partial charge < -0.3 is 0 Å². The summed E-state index contributed by atoms with van der Waals surface area (Å²) >= 11 is 8.93. The molecule has 1 unspecified atom stereocenters. The molecule has 1 aromatic heterocycles. The Morgan fingerprint density at radius 2 is 1.68 bits per heavy atom. The van der Waals surface area contributed by atoms with Gasteiger partial charge in [-0.1, -0.05) is 18.2 Å². The van der Waals surface area contributed by atoms with Crippen LogP contribution >= 0.6 is 24.2 Å². The van der Waals surface area contributed by atoms with E-state index in [2.05, 4.69) is 43.9 Å². The van der Waals surface area contributed by atoms with Crippen molar-refractivity contribution in [3.63, 3.8) is 0 Å². The number of hydrogen-bond acceptors (Lipinski definition) is 6. The highest BCUT2D eigenvalue weighted by Crippen LogP contribution is 2.23. The predicted molar refractivity (Wildman–Crippen MR) is 89.8 cm³/mol. The summed E-state index contributed by atoms with van der Waals surface area (Å²) in [5.74, 6) is 0.0284. The highest BCUT2D eigenvalue weighted by molar-refractivity contribution is 7.80. The standard InChI is InChI=1S/C9H12N4O3S2.C3H4ClF3/c1-3-5-7(17)6(4-2)11-8(10-5)12-9(14)13-18(15)16;1-2(4)3(5,6)7/h17H,3-4H2,1-2H3,(H,10,11,12,14);2H,1H3. The molecule has 7 nitrogen and oxygen atoms in total. The number of aryl methyl sites for hydroxylation is 2. The van der Waals surface area contributed by atoms with Gasteiger partial charge >= 0.3 is 22.7 Å². The molecule has 2 amide bonds. The minimum atomic E-state index is -4.23. The number of carbonyl (C=O) groups excluding carboxylic acids is 1. The summed E-state index contributed by atoms with van der Waals surface area (Å²) in [6.45, 7) is 4.68. The minimum Gasteiger partial charge on any atom is -0.273 e. The van der Waals surface area contributed by atoms with Gasteiger partial charge in [-0.15, -0.1) is 24.2 Å². The molecule has 25 heavy (non-hydrogen) atoms. The van der Waals surface area contributed by atoms with Gasteiger partial charge in [-0.3, -0.25) is 5.32 Å². The number of urea groups is 1. The Balaban J connectivity index is 0.000000697. The van der Waals surface area contributed by atoms with E-state index in [1.165, 1.54) is 0 Å². The number of alkyl halides is 4. The second kappa shape index (κ2) is 10.6. The van der Waals surface area contributed by atoms with Crippen LogP contribution in [0.5, 0.6) is 0 Å². The van der Waals surface area contributed by atoms with Gasteiger partial charge in [0, 0.05) is 4.90 Å². The zero-order chi connectivity index (χ0) is 19.8. The molecule has 0 aliphatic carbocycles. The van der Waals surface area contributed by atoms with Crippen LogP contribution in [0, 0.1) is 0 Å². The second-order valence-electron chi connectivity index (χ2n) is 4.39. The van der Waals surface area contributed by atoms with Crippen LogP contribution in [0.2, 0.25) is 0 Å². The molecule has 13 heteroatoms. The first-order valence-corrected chi connectivity index (χ1v) is 8.75. The summed E-state index contributed by atoms with van der Waals surface area (Å²) in [5.41, 5.74) is 1.37. The molecule has 0 radical (unpaired) electrons. The molecule has 1 aromatic rings. The van der Waals surface area contributed by atoms with E-state index in [-0.39, 0.29) is 5.95 Å². The minimum absolute atomic E-state index is 0.0284. The van der Waals surface area contributed by atoms with Crippen molar-refractivity contribution in [3.05, 3.63) is 11.4 Å². The normalized spacial score (nSPS) is 11.8.